The number of nitrogens with two attached hydrogens (primary N) is 1. The minimum absolute atomic E-state index is 0.804. The molecule has 0 saturated heterocycles. The SMILES string of the molecule is NCCCSCCn1ccnc1. The van der Waals surface area contributed by atoms with Crippen molar-refractivity contribution >= 4 is 11.8 Å². The van der Waals surface area contributed by atoms with Crippen molar-refractivity contribution in [1.29, 1.82) is 0 Å². The molecule has 4 heteroatoms. The molecule has 0 aliphatic rings. The van der Waals surface area contributed by atoms with Crippen molar-refractivity contribution in [2.45, 2.75) is 13.0 Å². The van der Waals surface area contributed by atoms with Gasteiger partial charge in [-0.2, -0.15) is 11.8 Å². The average Bonchev–Trinajstić information content (AvgIpc) is 2.57. The fraction of sp³-hybridized carbons (Fsp3) is 0.625. The van der Waals surface area contributed by atoms with Gasteiger partial charge < -0.3 is 10.3 Å². The Labute approximate surface area is 77.4 Å². The Morgan fingerprint density at radius 3 is 3.00 bits per heavy atom. The van der Waals surface area contributed by atoms with E-state index in [0.717, 1.165) is 25.3 Å². The van der Waals surface area contributed by atoms with Crippen molar-refractivity contribution in [3.8, 4) is 0 Å². The second-order valence-electron chi connectivity index (χ2n) is 2.56. The molecule has 12 heavy (non-hydrogen) atoms. The van der Waals surface area contributed by atoms with Crippen molar-refractivity contribution in [3.05, 3.63) is 18.7 Å². The Morgan fingerprint density at radius 2 is 2.33 bits per heavy atom. The molecule has 0 fully saturated rings. The van der Waals surface area contributed by atoms with Crippen LogP contribution in [-0.2, 0) is 6.54 Å². The maximum Gasteiger partial charge on any atom is 0.0946 e. The molecule has 2 N–H and O–H groups in total. The zero-order valence-electron chi connectivity index (χ0n) is 7.15. The highest BCUT2D eigenvalue weighted by Crippen LogP contribution is 2.02. The van der Waals surface area contributed by atoms with E-state index in [1.807, 2.05) is 30.5 Å². The molecule has 0 bridgehead atoms. The summed E-state index contributed by atoms with van der Waals surface area (Å²) in [7, 11) is 0. The number of thioether (sulfide) groups is 1. The van der Waals surface area contributed by atoms with Gasteiger partial charge in [-0.05, 0) is 18.7 Å². The van der Waals surface area contributed by atoms with Crippen molar-refractivity contribution in [3.63, 3.8) is 0 Å². The number of imidazole rings is 1. The monoisotopic (exact) mass is 185 g/mol. The Kier molecular flexibility index (Phi) is 4.87. The van der Waals surface area contributed by atoms with E-state index in [-0.39, 0.29) is 0 Å². The van der Waals surface area contributed by atoms with Crippen molar-refractivity contribution in [2.24, 2.45) is 5.73 Å². The maximum absolute atomic E-state index is 5.38. The van der Waals surface area contributed by atoms with Gasteiger partial charge in [-0.3, -0.25) is 0 Å². The molecular weight excluding hydrogens is 170 g/mol. The van der Waals surface area contributed by atoms with E-state index in [9.17, 15) is 0 Å². The van der Waals surface area contributed by atoms with Crippen LogP contribution in [0, 0.1) is 0 Å². The smallest absolute Gasteiger partial charge is 0.0946 e. The molecule has 1 heterocycles. The third-order valence-corrected chi connectivity index (χ3v) is 2.59. The molecule has 1 aromatic rings. The summed E-state index contributed by atoms with van der Waals surface area (Å²) >= 11 is 1.95. The van der Waals surface area contributed by atoms with Crippen LogP contribution >= 0.6 is 11.8 Å². The standard InChI is InChI=1S/C8H15N3S/c9-2-1-6-12-7-5-11-4-3-10-8-11/h3-4,8H,1-2,5-7,9H2. The highest BCUT2D eigenvalue weighted by Gasteiger charge is 1.90. The Hall–Kier alpha value is -0.480. The zero-order chi connectivity index (χ0) is 8.65. The fourth-order valence-electron chi connectivity index (χ4n) is 0.876. The lowest BCUT2D eigenvalue weighted by Crippen LogP contribution is -2.01. The van der Waals surface area contributed by atoms with E-state index in [1.165, 1.54) is 5.75 Å². The first-order valence-electron chi connectivity index (χ1n) is 4.17. The second-order valence-corrected chi connectivity index (χ2v) is 3.78. The summed E-state index contributed by atoms with van der Waals surface area (Å²) in [6.45, 7) is 1.85. The van der Waals surface area contributed by atoms with Gasteiger partial charge >= 0.3 is 0 Å². The molecule has 0 atom stereocenters. The van der Waals surface area contributed by atoms with E-state index in [1.54, 1.807) is 0 Å². The van der Waals surface area contributed by atoms with Gasteiger partial charge in [0.2, 0.25) is 0 Å². The number of rotatable bonds is 6. The van der Waals surface area contributed by atoms with Gasteiger partial charge in [0.15, 0.2) is 0 Å². The molecule has 0 aliphatic heterocycles. The second kappa shape index (κ2) is 6.08. The van der Waals surface area contributed by atoms with Crippen LogP contribution in [0.15, 0.2) is 18.7 Å². The first kappa shape index (κ1) is 9.61. The summed E-state index contributed by atoms with van der Waals surface area (Å²) in [6.07, 6.45) is 6.77. The molecule has 3 nitrogen and oxygen atoms in total. The van der Waals surface area contributed by atoms with Crippen LogP contribution in [0.4, 0.5) is 0 Å². The van der Waals surface area contributed by atoms with Gasteiger partial charge in [0.1, 0.15) is 0 Å². The van der Waals surface area contributed by atoms with E-state index in [2.05, 4.69) is 9.55 Å². The molecule has 0 radical (unpaired) electrons. The number of aryl methyl sites for hydroxylation is 1. The zero-order valence-corrected chi connectivity index (χ0v) is 7.96. The lowest BCUT2D eigenvalue weighted by Gasteiger charge is -2.00. The van der Waals surface area contributed by atoms with Crippen LogP contribution in [0.3, 0.4) is 0 Å². The van der Waals surface area contributed by atoms with E-state index in [4.69, 9.17) is 5.73 Å². The van der Waals surface area contributed by atoms with Gasteiger partial charge in [0.05, 0.1) is 6.33 Å². The Morgan fingerprint density at radius 1 is 1.42 bits per heavy atom. The minimum Gasteiger partial charge on any atom is -0.337 e. The third kappa shape index (κ3) is 3.78. The lowest BCUT2D eigenvalue weighted by atomic mass is 10.5. The highest BCUT2D eigenvalue weighted by atomic mass is 32.2. The Bertz CT molecular complexity index is 186. The maximum atomic E-state index is 5.38. The van der Waals surface area contributed by atoms with Gasteiger partial charge in [-0.15, -0.1) is 0 Å². The average molecular weight is 185 g/mol. The van der Waals surface area contributed by atoms with E-state index in [0.29, 0.717) is 0 Å². The summed E-state index contributed by atoms with van der Waals surface area (Å²) in [4.78, 5) is 3.97. The normalized spacial score (nSPS) is 10.4. The summed E-state index contributed by atoms with van der Waals surface area (Å²) < 4.78 is 2.09. The van der Waals surface area contributed by atoms with Gasteiger partial charge in [-0.25, -0.2) is 4.98 Å². The summed E-state index contributed by atoms with van der Waals surface area (Å²) in [5.74, 6) is 2.32. The predicted molar refractivity (Wildman–Crippen MR) is 53.2 cm³/mol. The van der Waals surface area contributed by atoms with Crippen molar-refractivity contribution < 1.29 is 0 Å². The minimum atomic E-state index is 0.804. The Balaban J connectivity index is 1.96. The number of aromatic nitrogens is 2. The number of nitrogens with zero attached hydrogens (tertiary/aromatic N) is 2. The topological polar surface area (TPSA) is 43.8 Å². The summed E-state index contributed by atoms with van der Waals surface area (Å²) in [5, 5.41) is 0. The molecule has 0 unspecified atom stereocenters. The van der Waals surface area contributed by atoms with Crippen LogP contribution in [0.2, 0.25) is 0 Å². The van der Waals surface area contributed by atoms with E-state index >= 15 is 0 Å². The van der Waals surface area contributed by atoms with Crippen LogP contribution < -0.4 is 5.73 Å². The molecule has 0 aliphatic carbocycles. The van der Waals surface area contributed by atoms with Crippen LogP contribution in [0.25, 0.3) is 0 Å². The largest absolute Gasteiger partial charge is 0.337 e. The molecule has 0 saturated carbocycles. The molecule has 0 amide bonds. The van der Waals surface area contributed by atoms with Crippen LogP contribution in [0.1, 0.15) is 6.42 Å². The summed E-state index contributed by atoms with van der Waals surface area (Å²) in [5.41, 5.74) is 5.38. The molecule has 0 aromatic carbocycles. The van der Waals surface area contributed by atoms with E-state index < -0.39 is 0 Å². The fourth-order valence-corrected chi connectivity index (χ4v) is 1.79. The number of hydrogen-bond acceptors (Lipinski definition) is 3. The van der Waals surface area contributed by atoms with Gasteiger partial charge in [0, 0.05) is 24.7 Å². The highest BCUT2D eigenvalue weighted by molar-refractivity contribution is 7.99. The molecule has 1 rings (SSSR count). The van der Waals surface area contributed by atoms with Crippen molar-refractivity contribution in [1.82, 2.24) is 9.55 Å². The van der Waals surface area contributed by atoms with Gasteiger partial charge in [-0.1, -0.05) is 0 Å². The number of hydrogen-bond donors (Lipinski definition) is 1. The van der Waals surface area contributed by atoms with Crippen LogP contribution in [-0.4, -0.2) is 27.6 Å². The first-order chi connectivity index (χ1) is 5.93. The van der Waals surface area contributed by atoms with Crippen molar-refractivity contribution in [2.75, 3.05) is 18.1 Å². The van der Waals surface area contributed by atoms with Gasteiger partial charge in [0.25, 0.3) is 0 Å². The first-order valence-corrected chi connectivity index (χ1v) is 5.32. The van der Waals surface area contributed by atoms with Crippen LogP contribution in [0.5, 0.6) is 0 Å². The molecule has 1 aromatic heterocycles. The molecule has 0 spiro atoms. The quantitative estimate of drug-likeness (QED) is 0.671. The molecule has 68 valence electrons. The molecular formula is C8H15N3S. The third-order valence-electron chi connectivity index (χ3n) is 1.55. The lowest BCUT2D eigenvalue weighted by molar-refractivity contribution is 0.769. The summed E-state index contributed by atoms with van der Waals surface area (Å²) in [6, 6.07) is 0. The predicted octanol–water partition coefficient (Wildman–Crippen LogP) is 0.965.